The fourth-order valence-corrected chi connectivity index (χ4v) is 3.94. The largest absolute Gasteiger partial charge is 0.467 e. The highest BCUT2D eigenvalue weighted by Crippen LogP contribution is 2.39. The fraction of sp³-hybridized carbons (Fsp3) is 0.826. The van der Waals surface area contributed by atoms with Gasteiger partial charge in [0, 0.05) is 13.5 Å². The number of fused-ring (bicyclic) bond motifs is 1. The minimum Gasteiger partial charge on any atom is -0.467 e. The second-order valence-electron chi connectivity index (χ2n) is 10.3. The normalized spacial score (nSPS) is 27.2. The van der Waals surface area contributed by atoms with Crippen LogP contribution in [0.1, 0.15) is 54.9 Å². The van der Waals surface area contributed by atoms with Crippen LogP contribution in [0.5, 0.6) is 0 Å². The number of nitrogens with one attached hydrogen (secondary N) is 3. The summed E-state index contributed by atoms with van der Waals surface area (Å²) in [6.45, 7) is 11.5. The Kier molecular flexibility index (Phi) is 9.68. The molecular formula is C23H39N3O10. The first kappa shape index (κ1) is 29.7. The Morgan fingerprint density at radius 1 is 0.972 bits per heavy atom. The van der Waals surface area contributed by atoms with E-state index in [0.29, 0.717) is 0 Å². The number of alkyl carbamates (subject to hydrolysis) is 1. The van der Waals surface area contributed by atoms with E-state index in [2.05, 4.69) is 20.7 Å². The Morgan fingerprint density at radius 3 is 2.17 bits per heavy atom. The number of methoxy groups -OCH3 is 2. The highest BCUT2D eigenvalue weighted by molar-refractivity contribution is 5.87. The summed E-state index contributed by atoms with van der Waals surface area (Å²) >= 11 is 0. The zero-order chi connectivity index (χ0) is 27.4. The summed E-state index contributed by atoms with van der Waals surface area (Å²) in [6.07, 6.45) is -3.91. The average Bonchev–Trinajstić information content (AvgIpc) is 3.21. The Bertz CT molecular complexity index is 827. The molecule has 0 aromatic heterocycles. The number of hydrogen-bond acceptors (Lipinski definition) is 10. The highest BCUT2D eigenvalue weighted by Gasteiger charge is 2.57. The van der Waals surface area contributed by atoms with Crippen molar-refractivity contribution in [2.45, 2.75) is 109 Å². The topological polar surface area (TPSA) is 160 Å². The zero-order valence-corrected chi connectivity index (χ0v) is 22.3. The Labute approximate surface area is 211 Å². The van der Waals surface area contributed by atoms with Gasteiger partial charge in [0.2, 0.25) is 11.8 Å². The van der Waals surface area contributed by atoms with E-state index in [4.69, 9.17) is 23.7 Å². The molecule has 0 aliphatic carbocycles. The lowest BCUT2D eigenvalue weighted by Gasteiger charge is -2.31. The van der Waals surface area contributed by atoms with E-state index in [1.165, 1.54) is 28.1 Å². The number of esters is 1. The monoisotopic (exact) mass is 517 g/mol. The van der Waals surface area contributed by atoms with E-state index < -0.39 is 78.0 Å². The molecule has 0 aromatic carbocycles. The van der Waals surface area contributed by atoms with Crippen molar-refractivity contribution in [3.05, 3.63) is 0 Å². The third-order valence-electron chi connectivity index (χ3n) is 5.49. The minimum atomic E-state index is -0.993. The third-order valence-corrected chi connectivity index (χ3v) is 5.49. The molecule has 13 heteroatoms. The molecule has 0 spiro atoms. The summed E-state index contributed by atoms with van der Waals surface area (Å²) in [4.78, 5) is 49.5. The molecule has 13 nitrogen and oxygen atoms in total. The van der Waals surface area contributed by atoms with Gasteiger partial charge >= 0.3 is 12.1 Å². The van der Waals surface area contributed by atoms with Crippen molar-refractivity contribution in [3.63, 3.8) is 0 Å². The first-order valence-electron chi connectivity index (χ1n) is 11.8. The van der Waals surface area contributed by atoms with E-state index in [9.17, 15) is 19.2 Å². The number of amides is 3. The lowest BCUT2D eigenvalue weighted by molar-refractivity contribution is -0.220. The summed E-state index contributed by atoms with van der Waals surface area (Å²) in [6, 6.07) is -2.81. The molecule has 3 amide bonds. The molecule has 2 fully saturated rings. The number of carbonyl (C=O) groups is 4. The maximum absolute atomic E-state index is 13.0. The van der Waals surface area contributed by atoms with Gasteiger partial charge in [0.25, 0.3) is 0 Å². The maximum Gasteiger partial charge on any atom is 0.408 e. The number of hydrogen-bond donors (Lipinski definition) is 3. The first-order chi connectivity index (χ1) is 16.6. The van der Waals surface area contributed by atoms with Crippen LogP contribution in [-0.4, -0.2) is 92.2 Å². The molecule has 2 aliphatic rings. The Hall–Kier alpha value is -2.48. The molecule has 7 atom stereocenters. The van der Waals surface area contributed by atoms with Crippen LogP contribution in [0.3, 0.4) is 0 Å². The van der Waals surface area contributed by atoms with E-state index in [-0.39, 0.29) is 6.42 Å². The van der Waals surface area contributed by atoms with Crippen molar-refractivity contribution >= 4 is 23.9 Å². The highest BCUT2D eigenvalue weighted by atomic mass is 16.8. The van der Waals surface area contributed by atoms with Gasteiger partial charge < -0.3 is 44.4 Å². The van der Waals surface area contributed by atoms with E-state index in [1.54, 1.807) is 34.6 Å². The maximum atomic E-state index is 13.0. The van der Waals surface area contributed by atoms with Crippen molar-refractivity contribution in [2.24, 2.45) is 0 Å². The van der Waals surface area contributed by atoms with Gasteiger partial charge in [-0.3, -0.25) is 9.59 Å². The van der Waals surface area contributed by atoms with Gasteiger partial charge in [-0.1, -0.05) is 0 Å². The second kappa shape index (κ2) is 11.7. The molecule has 2 aliphatic heterocycles. The molecule has 2 rings (SSSR count). The molecule has 0 saturated carbocycles. The van der Waals surface area contributed by atoms with Crippen molar-refractivity contribution in [1.29, 1.82) is 0 Å². The van der Waals surface area contributed by atoms with E-state index >= 15 is 0 Å². The van der Waals surface area contributed by atoms with Crippen molar-refractivity contribution < 1.29 is 47.6 Å². The first-order valence-corrected chi connectivity index (χ1v) is 11.8. The lowest BCUT2D eigenvalue weighted by Crippen LogP contribution is -2.56. The zero-order valence-electron chi connectivity index (χ0n) is 22.3. The predicted molar refractivity (Wildman–Crippen MR) is 124 cm³/mol. The van der Waals surface area contributed by atoms with Crippen LogP contribution in [0.2, 0.25) is 0 Å². The average molecular weight is 518 g/mol. The van der Waals surface area contributed by atoms with Crippen molar-refractivity contribution in [2.75, 3.05) is 14.2 Å². The van der Waals surface area contributed by atoms with Gasteiger partial charge in [-0.05, 0) is 48.5 Å². The lowest BCUT2D eigenvalue weighted by atomic mass is 9.99. The van der Waals surface area contributed by atoms with E-state index in [0.717, 1.165) is 0 Å². The summed E-state index contributed by atoms with van der Waals surface area (Å²) in [5, 5.41) is 7.73. The van der Waals surface area contributed by atoms with Crippen molar-refractivity contribution in [1.82, 2.24) is 16.0 Å². The second-order valence-corrected chi connectivity index (χ2v) is 10.3. The SMILES string of the molecule is COC(=O)[C@H](C)NC(=O)C[C@@H](NC(=O)[C@H](C)NC(=O)OC(C)(C)C)[C@H]1O[C@@H]2OC(C)(C)O[C@@H]2[C@H]1OC. The van der Waals surface area contributed by atoms with Gasteiger partial charge in [0.1, 0.15) is 36.0 Å². The standard InChI is InChI=1S/C23H39N3O10/c1-11(25-21(30)36-22(3,4)5)18(28)26-13(10-14(27)24-12(2)19(29)32-9)15-16(31-8)17-20(33-15)35-23(6,7)34-17/h11-13,15-17,20H,10H2,1-9H3,(H,24,27)(H,25,30)(H,26,28)/t11-,12-,13+,15+,16-,17+,20+/m0/s1. The summed E-state index contributed by atoms with van der Waals surface area (Å²) in [5.41, 5.74) is -0.744. The smallest absolute Gasteiger partial charge is 0.408 e. The molecule has 36 heavy (non-hydrogen) atoms. The third kappa shape index (κ3) is 8.02. The van der Waals surface area contributed by atoms with Crippen LogP contribution in [0.25, 0.3) is 0 Å². The fourth-order valence-electron chi connectivity index (χ4n) is 3.94. The van der Waals surface area contributed by atoms with Crippen LogP contribution in [-0.2, 0) is 42.8 Å². The quantitative estimate of drug-likeness (QED) is 0.364. The van der Waals surface area contributed by atoms with Gasteiger partial charge in [-0.2, -0.15) is 0 Å². The summed E-state index contributed by atoms with van der Waals surface area (Å²) in [7, 11) is 2.67. The Morgan fingerprint density at radius 2 is 1.61 bits per heavy atom. The molecule has 0 bridgehead atoms. The van der Waals surface area contributed by atoms with Crippen LogP contribution in [0, 0.1) is 0 Å². The van der Waals surface area contributed by atoms with Gasteiger partial charge in [0.15, 0.2) is 12.1 Å². The summed E-state index contributed by atoms with van der Waals surface area (Å²) < 4.78 is 33.1. The van der Waals surface area contributed by atoms with Crippen LogP contribution < -0.4 is 16.0 Å². The van der Waals surface area contributed by atoms with Crippen molar-refractivity contribution in [3.8, 4) is 0 Å². The number of carbonyl (C=O) groups excluding carboxylic acids is 4. The van der Waals surface area contributed by atoms with Crippen LogP contribution in [0.4, 0.5) is 4.79 Å². The molecule has 0 radical (unpaired) electrons. The van der Waals surface area contributed by atoms with Gasteiger partial charge in [-0.15, -0.1) is 0 Å². The summed E-state index contributed by atoms with van der Waals surface area (Å²) in [5.74, 6) is -2.64. The number of ether oxygens (including phenoxy) is 6. The predicted octanol–water partition coefficient (Wildman–Crippen LogP) is 0.344. The molecule has 206 valence electrons. The molecule has 0 unspecified atom stereocenters. The van der Waals surface area contributed by atoms with Gasteiger partial charge in [-0.25, -0.2) is 9.59 Å². The van der Waals surface area contributed by atoms with E-state index in [1.807, 2.05) is 0 Å². The minimum absolute atomic E-state index is 0.264. The van der Waals surface area contributed by atoms with Crippen LogP contribution >= 0.6 is 0 Å². The molecular weight excluding hydrogens is 478 g/mol. The molecule has 2 heterocycles. The molecule has 0 aromatic rings. The van der Waals surface area contributed by atoms with Crippen LogP contribution in [0.15, 0.2) is 0 Å². The molecule has 2 saturated heterocycles. The number of rotatable bonds is 9. The van der Waals surface area contributed by atoms with Gasteiger partial charge in [0.05, 0.1) is 13.2 Å². The Balaban J connectivity index is 2.17. The molecule has 3 N–H and O–H groups in total.